The molecule has 184 valence electrons. The maximum atomic E-state index is 14.7. The summed E-state index contributed by atoms with van der Waals surface area (Å²) in [5, 5.41) is 3.07. The van der Waals surface area contributed by atoms with Crippen LogP contribution in [0.2, 0.25) is 0 Å². The first-order chi connectivity index (χ1) is 16.8. The molecule has 0 bridgehead atoms. The predicted octanol–water partition coefficient (Wildman–Crippen LogP) is 2.79. The van der Waals surface area contributed by atoms with Crippen molar-refractivity contribution in [3.63, 3.8) is 0 Å². The molecule has 0 aliphatic carbocycles. The summed E-state index contributed by atoms with van der Waals surface area (Å²) < 4.78 is 29.5. The normalized spacial score (nSPS) is 20.2. The van der Waals surface area contributed by atoms with Crippen LogP contribution in [-0.4, -0.2) is 84.0 Å². The van der Waals surface area contributed by atoms with Gasteiger partial charge in [-0.05, 0) is 18.2 Å². The Labute approximate surface area is 203 Å². The van der Waals surface area contributed by atoms with Crippen LogP contribution in [0.25, 0.3) is 22.3 Å². The van der Waals surface area contributed by atoms with E-state index in [2.05, 4.69) is 20.2 Å². The molecule has 1 amide bonds. The van der Waals surface area contributed by atoms with Gasteiger partial charge >= 0.3 is 0 Å². The van der Waals surface area contributed by atoms with Gasteiger partial charge in [0.2, 0.25) is 5.91 Å². The van der Waals surface area contributed by atoms with Crippen molar-refractivity contribution in [2.75, 3.05) is 56.1 Å². The molecule has 5 rings (SSSR count). The molecule has 1 N–H and O–H groups in total. The number of anilines is 2. The molecule has 0 spiro atoms. The second kappa shape index (κ2) is 9.33. The number of hydrogen-bond acceptors (Lipinski definition) is 7. The van der Waals surface area contributed by atoms with Gasteiger partial charge < -0.3 is 20.0 Å². The number of aromatic nitrogens is 3. The van der Waals surface area contributed by atoms with E-state index >= 15 is 0 Å². The molecule has 1 aromatic carbocycles. The zero-order valence-electron chi connectivity index (χ0n) is 19.9. The smallest absolute Gasteiger partial charge is 0.270 e. The van der Waals surface area contributed by atoms with E-state index in [-0.39, 0.29) is 18.9 Å². The number of pyridine rings is 1. The molecule has 8 nitrogen and oxygen atoms in total. The third-order valence-corrected chi connectivity index (χ3v) is 6.95. The van der Waals surface area contributed by atoms with Gasteiger partial charge in [0, 0.05) is 83.3 Å². The van der Waals surface area contributed by atoms with Crippen molar-refractivity contribution in [1.29, 1.82) is 0 Å². The summed E-state index contributed by atoms with van der Waals surface area (Å²) in [5.74, 6) is -2.34. The number of likely N-dealkylation sites (N-methyl/N-ethyl adjacent to an activating group) is 1. The summed E-state index contributed by atoms with van der Waals surface area (Å²) in [6.45, 7) is 5.03. The Morgan fingerprint density at radius 1 is 1.11 bits per heavy atom. The SMILES string of the molecule is CC(=O)N1CCN(c2ccc(-c3cc4nccnc4c(N(C)C4CNCCC4(F)F)n3)cc2)CC1. The van der Waals surface area contributed by atoms with Crippen LogP contribution in [0.15, 0.2) is 42.7 Å². The van der Waals surface area contributed by atoms with Gasteiger partial charge in [-0.2, -0.15) is 0 Å². The van der Waals surface area contributed by atoms with Crippen LogP contribution in [0, 0.1) is 0 Å². The minimum Gasteiger partial charge on any atom is -0.368 e. The highest BCUT2D eigenvalue weighted by Crippen LogP contribution is 2.34. The molecular formula is C25H29F2N7O. The van der Waals surface area contributed by atoms with Gasteiger partial charge in [0.15, 0.2) is 5.82 Å². The lowest BCUT2D eigenvalue weighted by atomic mass is 10.0. The monoisotopic (exact) mass is 481 g/mol. The summed E-state index contributed by atoms with van der Waals surface area (Å²) in [6.07, 6.45) is 2.93. The van der Waals surface area contributed by atoms with E-state index in [9.17, 15) is 13.6 Å². The van der Waals surface area contributed by atoms with Crippen molar-refractivity contribution in [2.45, 2.75) is 25.3 Å². The van der Waals surface area contributed by atoms with Crippen LogP contribution in [0.4, 0.5) is 20.3 Å². The lowest BCUT2D eigenvalue weighted by Gasteiger charge is -2.38. The summed E-state index contributed by atoms with van der Waals surface area (Å²) in [4.78, 5) is 30.9. The molecule has 35 heavy (non-hydrogen) atoms. The number of piperidine rings is 1. The maximum Gasteiger partial charge on any atom is 0.270 e. The van der Waals surface area contributed by atoms with Crippen molar-refractivity contribution in [2.24, 2.45) is 0 Å². The number of rotatable bonds is 4. The van der Waals surface area contributed by atoms with Crippen LogP contribution in [-0.2, 0) is 4.79 Å². The Morgan fingerprint density at radius 2 is 1.83 bits per heavy atom. The Bertz CT molecular complexity index is 1210. The van der Waals surface area contributed by atoms with Crippen molar-refractivity contribution >= 4 is 28.4 Å². The first-order valence-electron chi connectivity index (χ1n) is 11.9. The lowest BCUT2D eigenvalue weighted by Crippen LogP contribution is -2.57. The Balaban J connectivity index is 1.45. The van der Waals surface area contributed by atoms with Gasteiger partial charge in [0.05, 0.1) is 11.2 Å². The minimum atomic E-state index is -2.83. The van der Waals surface area contributed by atoms with Crippen molar-refractivity contribution in [1.82, 2.24) is 25.2 Å². The summed E-state index contributed by atoms with van der Waals surface area (Å²) in [6, 6.07) is 8.85. The van der Waals surface area contributed by atoms with Crippen LogP contribution in [0.3, 0.4) is 0 Å². The van der Waals surface area contributed by atoms with E-state index in [4.69, 9.17) is 4.98 Å². The molecular weight excluding hydrogens is 452 g/mol. The number of amides is 1. The number of alkyl halides is 2. The van der Waals surface area contributed by atoms with E-state index in [1.165, 1.54) is 4.90 Å². The van der Waals surface area contributed by atoms with E-state index in [1.54, 1.807) is 26.4 Å². The zero-order chi connectivity index (χ0) is 24.6. The molecule has 4 heterocycles. The zero-order valence-corrected chi connectivity index (χ0v) is 19.9. The summed E-state index contributed by atoms with van der Waals surface area (Å²) >= 11 is 0. The van der Waals surface area contributed by atoms with Gasteiger partial charge in [0.1, 0.15) is 11.6 Å². The predicted molar refractivity (Wildman–Crippen MR) is 132 cm³/mol. The Hall–Kier alpha value is -3.40. The average molecular weight is 482 g/mol. The molecule has 2 aliphatic heterocycles. The van der Waals surface area contributed by atoms with Gasteiger partial charge in [-0.1, -0.05) is 12.1 Å². The summed E-state index contributed by atoms with van der Waals surface area (Å²) in [5.41, 5.74) is 3.70. The van der Waals surface area contributed by atoms with Crippen LogP contribution < -0.4 is 15.1 Å². The van der Waals surface area contributed by atoms with Crippen molar-refractivity contribution < 1.29 is 13.6 Å². The largest absolute Gasteiger partial charge is 0.368 e. The fraction of sp³-hybridized carbons (Fsp3) is 0.440. The highest BCUT2D eigenvalue weighted by molar-refractivity contribution is 5.89. The van der Waals surface area contributed by atoms with Crippen LogP contribution in [0.1, 0.15) is 13.3 Å². The molecule has 10 heteroatoms. The van der Waals surface area contributed by atoms with Crippen LogP contribution in [0.5, 0.6) is 0 Å². The van der Waals surface area contributed by atoms with E-state index in [1.807, 2.05) is 35.2 Å². The van der Waals surface area contributed by atoms with E-state index < -0.39 is 12.0 Å². The minimum absolute atomic E-state index is 0.105. The standard InChI is InChI=1S/C25H29F2N7O/c1-17(35)33-11-13-34(14-12-33)19-5-3-18(4-6-19)20-15-21-23(30-10-9-29-21)24(31-20)32(2)22-16-28-8-7-25(22,26)27/h3-6,9-10,15,22,28H,7-8,11-14,16H2,1-2H3. The molecule has 0 saturated carbocycles. The Kier molecular flexibility index (Phi) is 6.22. The van der Waals surface area contributed by atoms with E-state index in [0.29, 0.717) is 42.2 Å². The van der Waals surface area contributed by atoms with Gasteiger partial charge in [-0.3, -0.25) is 9.78 Å². The first-order valence-corrected chi connectivity index (χ1v) is 11.9. The van der Waals surface area contributed by atoms with Crippen LogP contribution >= 0.6 is 0 Å². The quantitative estimate of drug-likeness (QED) is 0.614. The molecule has 2 aliphatic rings. The number of carbonyl (C=O) groups is 1. The fourth-order valence-electron chi connectivity index (χ4n) is 4.85. The highest BCUT2D eigenvalue weighted by atomic mass is 19.3. The number of fused-ring (bicyclic) bond motifs is 1. The fourth-order valence-corrected chi connectivity index (χ4v) is 4.85. The molecule has 3 aromatic rings. The molecule has 0 radical (unpaired) electrons. The molecule has 1 unspecified atom stereocenters. The number of halogens is 2. The number of benzene rings is 1. The number of nitrogens with one attached hydrogen (secondary N) is 1. The van der Waals surface area contributed by atoms with Crippen molar-refractivity contribution in [3.8, 4) is 11.3 Å². The number of piperazine rings is 1. The topological polar surface area (TPSA) is 77.5 Å². The highest BCUT2D eigenvalue weighted by Gasteiger charge is 2.44. The second-order valence-electron chi connectivity index (χ2n) is 9.14. The summed E-state index contributed by atoms with van der Waals surface area (Å²) in [7, 11) is 1.65. The number of carbonyl (C=O) groups excluding carboxylic acids is 1. The molecule has 1 atom stereocenters. The molecule has 2 fully saturated rings. The third kappa shape index (κ3) is 4.62. The maximum absolute atomic E-state index is 14.7. The number of hydrogen-bond donors (Lipinski definition) is 1. The third-order valence-electron chi connectivity index (χ3n) is 6.95. The second-order valence-corrected chi connectivity index (χ2v) is 9.14. The molecule has 2 saturated heterocycles. The average Bonchev–Trinajstić information content (AvgIpc) is 2.87. The van der Waals surface area contributed by atoms with Gasteiger partial charge in [-0.15, -0.1) is 0 Å². The lowest BCUT2D eigenvalue weighted by molar-refractivity contribution is -0.129. The molecule has 2 aromatic heterocycles. The first kappa shape index (κ1) is 23.3. The van der Waals surface area contributed by atoms with Gasteiger partial charge in [0.25, 0.3) is 5.92 Å². The Morgan fingerprint density at radius 3 is 2.51 bits per heavy atom. The van der Waals surface area contributed by atoms with E-state index in [0.717, 1.165) is 24.3 Å². The van der Waals surface area contributed by atoms with Gasteiger partial charge in [-0.25, -0.2) is 18.7 Å². The van der Waals surface area contributed by atoms with Crippen molar-refractivity contribution in [3.05, 3.63) is 42.7 Å². The number of nitrogens with zero attached hydrogens (tertiary/aromatic N) is 6.